The van der Waals surface area contributed by atoms with Gasteiger partial charge < -0.3 is 4.74 Å². The maximum Gasteiger partial charge on any atom is 0.336 e. The van der Waals surface area contributed by atoms with Crippen LogP contribution in [-0.4, -0.2) is 39.7 Å². The number of carbonyl (C=O) groups is 4. The van der Waals surface area contributed by atoms with Crippen molar-refractivity contribution in [3.05, 3.63) is 79.8 Å². The number of halogens is 1. The number of carbonyl (C=O) groups excluding carboxylic acids is 4. The van der Waals surface area contributed by atoms with Gasteiger partial charge in [-0.2, -0.15) is 0 Å². The van der Waals surface area contributed by atoms with Crippen LogP contribution in [0.4, 0.5) is 10.5 Å². The first-order valence-corrected chi connectivity index (χ1v) is 12.8. The van der Waals surface area contributed by atoms with Gasteiger partial charge in [0.05, 0.1) is 4.92 Å². The zero-order valence-electron chi connectivity index (χ0n) is 20.0. The Morgan fingerprint density at radius 2 is 1.95 bits per heavy atom. The number of nitrogens with one attached hydrogen (secondary N) is 1. The van der Waals surface area contributed by atoms with Crippen LogP contribution in [0.25, 0.3) is 12.2 Å². The molecule has 2 bridgehead atoms. The molecule has 1 saturated heterocycles. The number of esters is 1. The zero-order chi connectivity index (χ0) is 27.0. The number of nitrogens with zero attached hydrogens (tertiary/aromatic N) is 2. The number of barbiturate groups is 1. The Balaban J connectivity index is 1.38. The highest BCUT2D eigenvalue weighted by Gasteiger charge is 2.49. The molecule has 194 valence electrons. The molecule has 11 heteroatoms. The zero-order valence-corrected chi connectivity index (χ0v) is 21.6. The lowest BCUT2D eigenvalue weighted by atomic mass is 9.93. The minimum absolute atomic E-state index is 0.0818. The van der Waals surface area contributed by atoms with Crippen LogP contribution in [0, 0.1) is 22.0 Å². The monoisotopic (exact) mass is 579 g/mol. The van der Waals surface area contributed by atoms with E-state index in [2.05, 4.69) is 21.2 Å². The first-order chi connectivity index (χ1) is 18.2. The average Bonchev–Trinajstić information content (AvgIpc) is 3.51. The molecule has 3 fully saturated rings. The van der Waals surface area contributed by atoms with Crippen molar-refractivity contribution in [1.82, 2.24) is 10.2 Å². The van der Waals surface area contributed by atoms with Gasteiger partial charge in [-0.3, -0.25) is 29.9 Å². The average molecular weight is 580 g/mol. The van der Waals surface area contributed by atoms with Gasteiger partial charge in [0.25, 0.3) is 17.5 Å². The Labute approximate surface area is 225 Å². The molecule has 2 aromatic carbocycles. The molecule has 2 saturated carbocycles. The number of hydrogen-bond donors (Lipinski definition) is 1. The molecular formula is C27H22BrN3O7. The Bertz CT molecular complexity index is 1430. The summed E-state index contributed by atoms with van der Waals surface area (Å²) in [4.78, 5) is 62.8. The third kappa shape index (κ3) is 5.14. The predicted octanol–water partition coefficient (Wildman–Crippen LogP) is 4.63. The van der Waals surface area contributed by atoms with Crippen LogP contribution < -0.4 is 10.1 Å². The van der Waals surface area contributed by atoms with Gasteiger partial charge in [0.15, 0.2) is 0 Å². The van der Waals surface area contributed by atoms with E-state index in [1.807, 2.05) is 0 Å². The first-order valence-electron chi connectivity index (χ1n) is 12.0. The van der Waals surface area contributed by atoms with Gasteiger partial charge in [-0.15, -0.1) is 0 Å². The van der Waals surface area contributed by atoms with Crippen LogP contribution in [0.3, 0.4) is 0 Å². The standard InChI is InChI=1S/C27H22BrN3O7/c28-19-7-8-23(38-24(32)9-5-15-2-1-3-20(11-15)31(36)37)18(13-19)14-21-25(33)29-27(35)30(26(21)34)22-12-16-4-6-17(22)10-16/h1-3,5,7-9,11,13-14,16-17,22H,4,6,10,12H2,(H,29,33,35)/b9-5+,21-14-/t16-,17-,22-/m0/s1. The van der Waals surface area contributed by atoms with Crippen molar-refractivity contribution in [2.24, 2.45) is 11.8 Å². The van der Waals surface area contributed by atoms with Crippen molar-refractivity contribution in [2.75, 3.05) is 0 Å². The summed E-state index contributed by atoms with van der Waals surface area (Å²) in [5.74, 6) is -1.44. The lowest BCUT2D eigenvalue weighted by Crippen LogP contribution is -2.58. The van der Waals surface area contributed by atoms with E-state index < -0.39 is 28.7 Å². The third-order valence-corrected chi connectivity index (χ3v) is 7.63. The number of amides is 4. The maximum absolute atomic E-state index is 13.4. The van der Waals surface area contributed by atoms with Gasteiger partial charge in [-0.05, 0) is 67.0 Å². The summed E-state index contributed by atoms with van der Waals surface area (Å²) in [6, 6.07) is 9.52. The minimum Gasteiger partial charge on any atom is -0.423 e. The van der Waals surface area contributed by atoms with Crippen molar-refractivity contribution in [3.63, 3.8) is 0 Å². The quantitative estimate of drug-likeness (QED) is 0.131. The Morgan fingerprint density at radius 3 is 2.66 bits per heavy atom. The summed E-state index contributed by atoms with van der Waals surface area (Å²) in [5.41, 5.74) is 0.368. The molecule has 1 N–H and O–H groups in total. The van der Waals surface area contributed by atoms with Crippen molar-refractivity contribution >= 4 is 57.6 Å². The molecule has 3 aliphatic rings. The second-order valence-electron chi connectivity index (χ2n) is 9.52. The van der Waals surface area contributed by atoms with Gasteiger partial charge >= 0.3 is 12.0 Å². The number of non-ortho nitro benzene ring substituents is 1. The predicted molar refractivity (Wildman–Crippen MR) is 140 cm³/mol. The van der Waals surface area contributed by atoms with Gasteiger partial charge in [0.2, 0.25) is 0 Å². The van der Waals surface area contributed by atoms with E-state index in [9.17, 15) is 29.3 Å². The van der Waals surface area contributed by atoms with Crippen molar-refractivity contribution in [2.45, 2.75) is 31.7 Å². The highest BCUT2D eigenvalue weighted by Crippen LogP contribution is 2.47. The molecule has 5 rings (SSSR count). The highest BCUT2D eigenvalue weighted by molar-refractivity contribution is 9.10. The first kappa shape index (κ1) is 25.5. The molecule has 3 atom stereocenters. The smallest absolute Gasteiger partial charge is 0.336 e. The molecule has 38 heavy (non-hydrogen) atoms. The fourth-order valence-electron chi connectivity index (χ4n) is 5.43. The summed E-state index contributed by atoms with van der Waals surface area (Å²) in [6.45, 7) is 0. The summed E-state index contributed by atoms with van der Waals surface area (Å²) >= 11 is 3.35. The van der Waals surface area contributed by atoms with Crippen LogP contribution in [0.5, 0.6) is 5.75 Å². The number of urea groups is 1. The second-order valence-corrected chi connectivity index (χ2v) is 10.4. The van der Waals surface area contributed by atoms with Crippen LogP contribution >= 0.6 is 15.9 Å². The number of fused-ring (bicyclic) bond motifs is 2. The number of imide groups is 2. The van der Waals surface area contributed by atoms with Crippen LogP contribution in [-0.2, 0) is 14.4 Å². The molecule has 10 nitrogen and oxygen atoms in total. The van der Waals surface area contributed by atoms with Crippen molar-refractivity contribution in [3.8, 4) is 5.75 Å². The van der Waals surface area contributed by atoms with Crippen LogP contribution in [0.1, 0.15) is 36.8 Å². The number of benzene rings is 2. The number of hydrogen-bond acceptors (Lipinski definition) is 7. The van der Waals surface area contributed by atoms with Gasteiger partial charge in [-0.1, -0.05) is 34.5 Å². The largest absolute Gasteiger partial charge is 0.423 e. The summed E-state index contributed by atoms with van der Waals surface area (Å²) in [7, 11) is 0. The van der Waals surface area contributed by atoms with Crippen molar-refractivity contribution < 1.29 is 28.8 Å². The van der Waals surface area contributed by atoms with Gasteiger partial charge in [-0.25, -0.2) is 9.59 Å². The van der Waals surface area contributed by atoms with Gasteiger partial charge in [0.1, 0.15) is 11.3 Å². The molecule has 0 aromatic heterocycles. The normalized spacial score (nSPS) is 23.8. The molecule has 2 aromatic rings. The Morgan fingerprint density at radius 1 is 1.13 bits per heavy atom. The maximum atomic E-state index is 13.4. The van der Waals surface area contributed by atoms with E-state index in [1.165, 1.54) is 41.3 Å². The van der Waals surface area contributed by atoms with E-state index in [0.29, 0.717) is 16.0 Å². The molecule has 0 unspecified atom stereocenters. The molecular weight excluding hydrogens is 558 g/mol. The topological polar surface area (TPSA) is 136 Å². The fraction of sp³-hybridized carbons (Fsp3) is 0.259. The van der Waals surface area contributed by atoms with Gasteiger partial charge in [0, 0.05) is 34.3 Å². The van der Waals surface area contributed by atoms with E-state index in [4.69, 9.17) is 4.74 Å². The second kappa shape index (κ2) is 10.3. The highest BCUT2D eigenvalue weighted by atomic mass is 79.9. The van der Waals surface area contributed by atoms with E-state index in [-0.39, 0.29) is 34.5 Å². The Hall–Kier alpha value is -4.12. The number of ether oxygens (including phenoxy) is 1. The minimum atomic E-state index is -0.817. The third-order valence-electron chi connectivity index (χ3n) is 7.14. The molecule has 1 aliphatic heterocycles. The molecule has 2 aliphatic carbocycles. The molecule has 0 spiro atoms. The van der Waals surface area contributed by atoms with Crippen LogP contribution in [0.15, 0.2) is 58.6 Å². The lowest BCUT2D eigenvalue weighted by Gasteiger charge is -2.35. The van der Waals surface area contributed by atoms with Crippen molar-refractivity contribution in [1.29, 1.82) is 0 Å². The molecule has 4 amide bonds. The van der Waals surface area contributed by atoms with E-state index >= 15 is 0 Å². The van der Waals surface area contributed by atoms with Crippen LogP contribution in [0.2, 0.25) is 0 Å². The SMILES string of the molecule is O=C(/C=C/c1cccc([N+](=O)[O-])c1)Oc1ccc(Br)cc1/C=C1/C(=O)NC(=O)N([C@H]2C[C@H]3CC[C@H]2C3)C1=O. The fourth-order valence-corrected chi connectivity index (χ4v) is 5.81. The summed E-state index contributed by atoms with van der Waals surface area (Å²) in [5, 5.41) is 13.2. The summed E-state index contributed by atoms with van der Waals surface area (Å²) < 4.78 is 6.06. The lowest BCUT2D eigenvalue weighted by molar-refractivity contribution is -0.384. The molecule has 1 heterocycles. The Kier molecular flexibility index (Phi) is 6.94. The number of rotatable bonds is 6. The number of nitro benzene ring substituents is 1. The van der Waals surface area contributed by atoms with E-state index in [0.717, 1.165) is 31.8 Å². The van der Waals surface area contributed by atoms with E-state index in [1.54, 1.807) is 18.2 Å². The summed E-state index contributed by atoms with van der Waals surface area (Å²) in [6.07, 6.45) is 7.56. The number of nitro groups is 1. The molecule has 0 radical (unpaired) electrons.